The van der Waals surface area contributed by atoms with E-state index < -0.39 is 5.60 Å². The van der Waals surface area contributed by atoms with Crippen LogP contribution in [0.15, 0.2) is 18.2 Å². The van der Waals surface area contributed by atoms with Gasteiger partial charge in [0.1, 0.15) is 11.4 Å². The molecule has 1 aromatic carbocycles. The SMILES string of the molecule is CC1SCCCC1(O)c1cccc2c1OCC2. The highest BCUT2D eigenvalue weighted by Crippen LogP contribution is 2.46. The van der Waals surface area contributed by atoms with Gasteiger partial charge in [0.2, 0.25) is 0 Å². The van der Waals surface area contributed by atoms with Gasteiger partial charge in [0.25, 0.3) is 0 Å². The Morgan fingerprint density at radius 2 is 2.35 bits per heavy atom. The number of thioether (sulfide) groups is 1. The predicted octanol–water partition coefficient (Wildman–Crippen LogP) is 2.72. The lowest BCUT2D eigenvalue weighted by Crippen LogP contribution is -2.39. The van der Waals surface area contributed by atoms with E-state index in [1.165, 1.54) is 5.56 Å². The fourth-order valence-corrected chi connectivity index (χ4v) is 4.04. The molecular weight excluding hydrogens is 232 g/mol. The zero-order valence-electron chi connectivity index (χ0n) is 10.1. The predicted molar refractivity (Wildman–Crippen MR) is 70.7 cm³/mol. The van der Waals surface area contributed by atoms with Crippen LogP contribution in [0, 0.1) is 0 Å². The number of para-hydroxylation sites is 1. The van der Waals surface area contributed by atoms with Crippen LogP contribution in [-0.4, -0.2) is 22.7 Å². The molecule has 17 heavy (non-hydrogen) atoms. The van der Waals surface area contributed by atoms with Gasteiger partial charge in [-0.1, -0.05) is 25.1 Å². The summed E-state index contributed by atoms with van der Waals surface area (Å²) in [6.07, 6.45) is 2.90. The maximum Gasteiger partial charge on any atom is 0.128 e. The molecule has 1 aromatic rings. The summed E-state index contributed by atoms with van der Waals surface area (Å²) in [5.41, 5.74) is 1.55. The van der Waals surface area contributed by atoms with Crippen molar-refractivity contribution in [3.8, 4) is 5.75 Å². The van der Waals surface area contributed by atoms with Crippen molar-refractivity contribution < 1.29 is 9.84 Å². The van der Waals surface area contributed by atoms with E-state index in [0.717, 1.165) is 42.9 Å². The Hall–Kier alpha value is -0.670. The van der Waals surface area contributed by atoms with Crippen LogP contribution < -0.4 is 4.74 Å². The third-order valence-corrected chi connectivity index (χ3v) is 5.34. The highest BCUT2D eigenvalue weighted by Gasteiger charge is 2.41. The van der Waals surface area contributed by atoms with E-state index in [-0.39, 0.29) is 5.25 Å². The number of aliphatic hydroxyl groups is 1. The number of fused-ring (bicyclic) bond motifs is 1. The van der Waals surface area contributed by atoms with Crippen LogP contribution in [0.2, 0.25) is 0 Å². The zero-order valence-corrected chi connectivity index (χ0v) is 10.9. The molecule has 2 atom stereocenters. The molecule has 2 aliphatic heterocycles. The molecule has 3 rings (SSSR count). The molecule has 0 radical (unpaired) electrons. The molecule has 0 amide bonds. The van der Waals surface area contributed by atoms with Gasteiger partial charge in [0, 0.05) is 17.2 Å². The Morgan fingerprint density at radius 3 is 3.18 bits per heavy atom. The highest BCUT2D eigenvalue weighted by molar-refractivity contribution is 8.00. The van der Waals surface area contributed by atoms with Gasteiger partial charge in [0.15, 0.2) is 0 Å². The molecule has 1 saturated heterocycles. The van der Waals surface area contributed by atoms with Crippen LogP contribution in [-0.2, 0) is 12.0 Å². The van der Waals surface area contributed by atoms with Crippen molar-refractivity contribution in [3.05, 3.63) is 29.3 Å². The Morgan fingerprint density at radius 1 is 1.47 bits per heavy atom. The average molecular weight is 250 g/mol. The number of hydrogen-bond donors (Lipinski definition) is 1. The third kappa shape index (κ3) is 1.76. The van der Waals surface area contributed by atoms with Crippen molar-refractivity contribution >= 4 is 11.8 Å². The Balaban J connectivity index is 2.06. The summed E-state index contributed by atoms with van der Waals surface area (Å²) in [5, 5.41) is 11.2. The molecule has 0 bridgehead atoms. The molecule has 0 saturated carbocycles. The van der Waals surface area contributed by atoms with Crippen LogP contribution in [0.1, 0.15) is 30.9 Å². The van der Waals surface area contributed by atoms with E-state index in [2.05, 4.69) is 13.0 Å². The number of ether oxygens (including phenoxy) is 1. The minimum atomic E-state index is -0.710. The van der Waals surface area contributed by atoms with Crippen LogP contribution in [0.25, 0.3) is 0 Å². The molecule has 2 aliphatic rings. The summed E-state index contributed by atoms with van der Waals surface area (Å²) < 4.78 is 5.73. The van der Waals surface area contributed by atoms with Crippen molar-refractivity contribution in [2.45, 2.75) is 37.0 Å². The fraction of sp³-hybridized carbons (Fsp3) is 0.571. The largest absolute Gasteiger partial charge is 0.493 e. The normalized spacial score (nSPS) is 32.0. The van der Waals surface area contributed by atoms with E-state index in [4.69, 9.17) is 4.74 Å². The number of rotatable bonds is 1. The van der Waals surface area contributed by atoms with Crippen molar-refractivity contribution in [2.24, 2.45) is 0 Å². The first-order valence-electron chi connectivity index (χ1n) is 6.31. The van der Waals surface area contributed by atoms with Crippen LogP contribution in [0.3, 0.4) is 0 Å². The second-order valence-corrected chi connectivity index (χ2v) is 6.38. The van der Waals surface area contributed by atoms with Crippen molar-refractivity contribution in [1.29, 1.82) is 0 Å². The van der Waals surface area contributed by atoms with E-state index in [1.54, 1.807) is 0 Å². The summed E-state index contributed by atoms with van der Waals surface area (Å²) in [6, 6.07) is 6.19. The topological polar surface area (TPSA) is 29.5 Å². The molecule has 0 aliphatic carbocycles. The van der Waals surface area contributed by atoms with Crippen molar-refractivity contribution in [2.75, 3.05) is 12.4 Å². The van der Waals surface area contributed by atoms with Crippen molar-refractivity contribution in [1.82, 2.24) is 0 Å². The molecule has 2 unspecified atom stereocenters. The fourth-order valence-electron chi connectivity index (χ4n) is 2.85. The minimum absolute atomic E-state index is 0.243. The summed E-state index contributed by atoms with van der Waals surface area (Å²) in [7, 11) is 0. The van der Waals surface area contributed by atoms with E-state index in [0.29, 0.717) is 0 Å². The quantitative estimate of drug-likeness (QED) is 0.831. The molecule has 1 N–H and O–H groups in total. The monoisotopic (exact) mass is 250 g/mol. The number of benzene rings is 1. The van der Waals surface area contributed by atoms with Gasteiger partial charge in [0.05, 0.1) is 6.61 Å². The zero-order chi connectivity index (χ0) is 11.9. The first-order valence-corrected chi connectivity index (χ1v) is 7.36. The lowest BCUT2D eigenvalue weighted by atomic mass is 9.84. The van der Waals surface area contributed by atoms with E-state index >= 15 is 0 Å². The molecule has 0 aromatic heterocycles. The molecule has 1 fully saturated rings. The van der Waals surface area contributed by atoms with Gasteiger partial charge in [-0.15, -0.1) is 0 Å². The summed E-state index contributed by atoms with van der Waals surface area (Å²) in [4.78, 5) is 0. The van der Waals surface area contributed by atoms with E-state index in [9.17, 15) is 5.11 Å². The van der Waals surface area contributed by atoms with Gasteiger partial charge in [-0.05, 0) is 24.2 Å². The Kier molecular flexibility index (Phi) is 2.83. The maximum absolute atomic E-state index is 11.0. The molecular formula is C14H18O2S. The van der Waals surface area contributed by atoms with Crippen LogP contribution in [0.5, 0.6) is 5.75 Å². The lowest BCUT2D eigenvalue weighted by molar-refractivity contribution is 0.0231. The number of hydrogen-bond acceptors (Lipinski definition) is 3. The standard InChI is InChI=1S/C14H18O2S/c1-10-14(15,7-3-9-17-10)12-5-2-4-11-6-8-16-13(11)12/h2,4-5,10,15H,3,6-9H2,1H3. The average Bonchev–Trinajstić information content (AvgIpc) is 2.81. The molecule has 0 spiro atoms. The van der Waals surface area contributed by atoms with Gasteiger partial charge in [-0.25, -0.2) is 0 Å². The lowest BCUT2D eigenvalue weighted by Gasteiger charge is -2.38. The van der Waals surface area contributed by atoms with Gasteiger partial charge >= 0.3 is 0 Å². The van der Waals surface area contributed by atoms with Crippen LogP contribution in [0.4, 0.5) is 0 Å². The maximum atomic E-state index is 11.0. The summed E-state index contributed by atoms with van der Waals surface area (Å²) in [6.45, 7) is 2.88. The van der Waals surface area contributed by atoms with E-state index in [1.807, 2.05) is 23.9 Å². The molecule has 92 valence electrons. The molecule has 2 nitrogen and oxygen atoms in total. The van der Waals surface area contributed by atoms with Gasteiger partial charge in [-0.3, -0.25) is 0 Å². The molecule has 3 heteroatoms. The van der Waals surface area contributed by atoms with Crippen molar-refractivity contribution in [3.63, 3.8) is 0 Å². The third-order valence-electron chi connectivity index (χ3n) is 3.92. The first-order chi connectivity index (χ1) is 8.22. The minimum Gasteiger partial charge on any atom is -0.493 e. The molecule has 2 heterocycles. The van der Waals surface area contributed by atoms with Gasteiger partial charge < -0.3 is 9.84 Å². The second kappa shape index (κ2) is 4.21. The second-order valence-electron chi connectivity index (χ2n) is 4.93. The highest BCUT2D eigenvalue weighted by atomic mass is 32.2. The smallest absolute Gasteiger partial charge is 0.128 e. The Bertz CT molecular complexity index is 432. The van der Waals surface area contributed by atoms with Crippen LogP contribution >= 0.6 is 11.8 Å². The first kappa shape index (κ1) is 11.4. The summed E-state index contributed by atoms with van der Waals surface area (Å²) in [5.74, 6) is 2.10. The Labute approximate surface area is 106 Å². The van der Waals surface area contributed by atoms with Gasteiger partial charge in [-0.2, -0.15) is 11.8 Å². The summed E-state index contributed by atoms with van der Waals surface area (Å²) >= 11 is 1.86.